The van der Waals surface area contributed by atoms with Crippen molar-refractivity contribution in [2.45, 2.75) is 75.9 Å². The molecule has 1 aromatic rings. The molecule has 1 saturated carbocycles. The zero-order chi connectivity index (χ0) is 18.2. The number of nitrogens with zero attached hydrogens (tertiary/aromatic N) is 1. The summed E-state index contributed by atoms with van der Waals surface area (Å²) in [6, 6.07) is 1.37. The summed E-state index contributed by atoms with van der Waals surface area (Å²) in [5, 5.41) is 14.0. The summed E-state index contributed by atoms with van der Waals surface area (Å²) in [6.45, 7) is 5.43. The van der Waals surface area contributed by atoms with Crippen molar-refractivity contribution in [3.05, 3.63) is 24.0 Å². The third-order valence-corrected chi connectivity index (χ3v) is 4.91. The lowest BCUT2D eigenvalue weighted by Crippen LogP contribution is -2.61. The zero-order valence-corrected chi connectivity index (χ0v) is 15.0. The SMILES string of the molecule is CC(C)(C)OC(=O)NC1CC(c2ccncc2N)OC2CCCC12O. The minimum absolute atomic E-state index is 0.300. The van der Waals surface area contributed by atoms with Gasteiger partial charge in [0, 0.05) is 18.2 Å². The van der Waals surface area contributed by atoms with E-state index in [1.54, 1.807) is 12.4 Å². The highest BCUT2D eigenvalue weighted by Crippen LogP contribution is 2.46. The van der Waals surface area contributed by atoms with Crippen molar-refractivity contribution in [1.29, 1.82) is 0 Å². The molecule has 1 amide bonds. The first-order valence-corrected chi connectivity index (χ1v) is 8.76. The van der Waals surface area contributed by atoms with Gasteiger partial charge in [0.2, 0.25) is 0 Å². The van der Waals surface area contributed by atoms with Gasteiger partial charge < -0.3 is 25.6 Å². The van der Waals surface area contributed by atoms with Gasteiger partial charge in [-0.05, 0) is 46.1 Å². The van der Waals surface area contributed by atoms with Crippen LogP contribution in [-0.4, -0.2) is 39.5 Å². The molecule has 1 aliphatic carbocycles. The van der Waals surface area contributed by atoms with Gasteiger partial charge in [-0.1, -0.05) is 0 Å². The fourth-order valence-electron chi connectivity index (χ4n) is 3.78. The van der Waals surface area contributed by atoms with Gasteiger partial charge in [-0.2, -0.15) is 0 Å². The van der Waals surface area contributed by atoms with Crippen molar-refractivity contribution >= 4 is 11.8 Å². The normalized spacial score (nSPS) is 32.1. The molecule has 1 saturated heterocycles. The molecule has 0 spiro atoms. The van der Waals surface area contributed by atoms with E-state index in [1.165, 1.54) is 0 Å². The smallest absolute Gasteiger partial charge is 0.407 e. The second-order valence-corrected chi connectivity index (χ2v) is 7.94. The van der Waals surface area contributed by atoms with Crippen LogP contribution in [0.1, 0.15) is 58.1 Å². The van der Waals surface area contributed by atoms with Crippen molar-refractivity contribution in [2.24, 2.45) is 0 Å². The van der Waals surface area contributed by atoms with Crippen molar-refractivity contribution in [1.82, 2.24) is 10.3 Å². The fourth-order valence-corrected chi connectivity index (χ4v) is 3.78. The Morgan fingerprint density at radius 1 is 1.52 bits per heavy atom. The second-order valence-electron chi connectivity index (χ2n) is 7.94. The molecule has 0 radical (unpaired) electrons. The van der Waals surface area contributed by atoms with Crippen LogP contribution in [0.25, 0.3) is 0 Å². The molecule has 4 N–H and O–H groups in total. The maximum atomic E-state index is 12.2. The number of carbonyl (C=O) groups excluding carboxylic acids is 1. The molecule has 2 fully saturated rings. The van der Waals surface area contributed by atoms with Gasteiger partial charge in [-0.3, -0.25) is 4.98 Å². The van der Waals surface area contributed by atoms with Gasteiger partial charge in [0.1, 0.15) is 11.2 Å². The van der Waals surface area contributed by atoms with Crippen LogP contribution in [-0.2, 0) is 9.47 Å². The van der Waals surface area contributed by atoms with E-state index in [1.807, 2.05) is 26.8 Å². The molecule has 7 nitrogen and oxygen atoms in total. The van der Waals surface area contributed by atoms with Crippen LogP contribution in [0.15, 0.2) is 18.5 Å². The number of aromatic nitrogens is 1. The van der Waals surface area contributed by atoms with Crippen molar-refractivity contribution in [3.8, 4) is 0 Å². The number of nitrogens with two attached hydrogens (primary N) is 1. The molecule has 25 heavy (non-hydrogen) atoms. The molecule has 2 heterocycles. The minimum Gasteiger partial charge on any atom is -0.444 e. The van der Waals surface area contributed by atoms with E-state index < -0.39 is 23.3 Å². The summed E-state index contributed by atoms with van der Waals surface area (Å²) in [7, 11) is 0. The molecule has 138 valence electrons. The van der Waals surface area contributed by atoms with E-state index in [4.69, 9.17) is 15.2 Å². The highest BCUT2D eigenvalue weighted by molar-refractivity contribution is 5.68. The summed E-state index contributed by atoms with van der Waals surface area (Å²) in [6.07, 6.45) is 4.73. The second kappa shape index (κ2) is 6.46. The van der Waals surface area contributed by atoms with Crippen LogP contribution >= 0.6 is 0 Å². The van der Waals surface area contributed by atoms with Crippen molar-refractivity contribution in [2.75, 3.05) is 5.73 Å². The Balaban J connectivity index is 1.81. The number of alkyl carbamates (subject to hydrolysis) is 1. The largest absolute Gasteiger partial charge is 0.444 e. The van der Waals surface area contributed by atoms with Crippen LogP contribution < -0.4 is 11.1 Å². The molecule has 4 atom stereocenters. The Kier molecular flexibility index (Phi) is 4.64. The van der Waals surface area contributed by atoms with E-state index >= 15 is 0 Å². The molecule has 1 aliphatic heterocycles. The number of nitrogens with one attached hydrogen (secondary N) is 1. The molecule has 0 aromatic carbocycles. The Morgan fingerprint density at radius 2 is 2.28 bits per heavy atom. The maximum Gasteiger partial charge on any atom is 0.407 e. The number of rotatable bonds is 2. The molecule has 7 heteroatoms. The van der Waals surface area contributed by atoms with Gasteiger partial charge in [-0.25, -0.2) is 4.79 Å². The number of anilines is 1. The number of aliphatic hydroxyl groups is 1. The summed E-state index contributed by atoms with van der Waals surface area (Å²) in [5.41, 5.74) is 5.75. The Hall–Kier alpha value is -1.86. The predicted molar refractivity (Wildman–Crippen MR) is 92.8 cm³/mol. The number of fused-ring (bicyclic) bond motifs is 1. The predicted octanol–water partition coefficient (Wildman–Crippen LogP) is 2.30. The zero-order valence-electron chi connectivity index (χ0n) is 15.0. The van der Waals surface area contributed by atoms with Crippen LogP contribution in [0.3, 0.4) is 0 Å². The quantitative estimate of drug-likeness (QED) is 0.756. The lowest BCUT2D eigenvalue weighted by Gasteiger charge is -2.45. The molecule has 0 bridgehead atoms. The number of hydrogen-bond donors (Lipinski definition) is 3. The number of pyridine rings is 1. The summed E-state index contributed by atoms with van der Waals surface area (Å²) < 4.78 is 11.5. The molecular weight excluding hydrogens is 322 g/mol. The summed E-state index contributed by atoms with van der Waals surface area (Å²) in [4.78, 5) is 16.3. The van der Waals surface area contributed by atoms with E-state index in [-0.39, 0.29) is 12.2 Å². The van der Waals surface area contributed by atoms with Crippen LogP contribution in [0.4, 0.5) is 10.5 Å². The van der Waals surface area contributed by atoms with E-state index in [0.29, 0.717) is 18.5 Å². The number of ether oxygens (including phenoxy) is 2. The summed E-state index contributed by atoms with van der Waals surface area (Å²) >= 11 is 0. The van der Waals surface area contributed by atoms with Crippen LogP contribution in [0.5, 0.6) is 0 Å². The number of carbonyl (C=O) groups is 1. The van der Waals surface area contributed by atoms with Gasteiger partial charge in [0.05, 0.1) is 30.1 Å². The minimum atomic E-state index is -1.07. The van der Waals surface area contributed by atoms with E-state index in [0.717, 1.165) is 18.4 Å². The molecular formula is C18H27N3O4. The standard InChI is InChI=1S/C18H27N3O4/c1-17(2,3)25-16(22)21-14-9-13(11-6-8-20-10-12(11)19)24-15-5-4-7-18(14,15)23/h6,8,10,13-15,23H,4-5,7,9,19H2,1-3H3,(H,21,22). The molecule has 2 aliphatic rings. The van der Waals surface area contributed by atoms with E-state index in [2.05, 4.69) is 10.3 Å². The third-order valence-electron chi connectivity index (χ3n) is 4.91. The molecule has 4 unspecified atom stereocenters. The average Bonchev–Trinajstić information content (AvgIpc) is 2.88. The average molecular weight is 349 g/mol. The topological polar surface area (TPSA) is 107 Å². The maximum absolute atomic E-state index is 12.2. The van der Waals surface area contributed by atoms with Crippen molar-refractivity contribution in [3.63, 3.8) is 0 Å². The Labute approximate surface area is 147 Å². The fraction of sp³-hybridized carbons (Fsp3) is 0.667. The third kappa shape index (κ3) is 3.72. The highest BCUT2D eigenvalue weighted by atomic mass is 16.6. The van der Waals surface area contributed by atoms with Gasteiger partial charge >= 0.3 is 6.09 Å². The lowest BCUT2D eigenvalue weighted by atomic mass is 9.82. The molecule has 1 aromatic heterocycles. The number of hydrogen-bond acceptors (Lipinski definition) is 6. The van der Waals surface area contributed by atoms with Crippen molar-refractivity contribution < 1.29 is 19.4 Å². The summed E-state index contributed by atoms with van der Waals surface area (Å²) in [5.74, 6) is 0. The monoisotopic (exact) mass is 349 g/mol. The first-order valence-electron chi connectivity index (χ1n) is 8.76. The van der Waals surface area contributed by atoms with Gasteiger partial charge in [0.15, 0.2) is 0 Å². The van der Waals surface area contributed by atoms with Crippen LogP contribution in [0, 0.1) is 0 Å². The van der Waals surface area contributed by atoms with Gasteiger partial charge in [0.25, 0.3) is 0 Å². The number of nitrogen functional groups attached to an aromatic ring is 1. The first kappa shape index (κ1) is 17.9. The van der Waals surface area contributed by atoms with Crippen LogP contribution in [0.2, 0.25) is 0 Å². The number of amides is 1. The highest BCUT2D eigenvalue weighted by Gasteiger charge is 2.54. The lowest BCUT2D eigenvalue weighted by molar-refractivity contribution is -0.176. The van der Waals surface area contributed by atoms with Gasteiger partial charge in [-0.15, -0.1) is 0 Å². The molecule has 3 rings (SSSR count). The first-order chi connectivity index (χ1) is 11.7. The Bertz CT molecular complexity index is 645. The van der Waals surface area contributed by atoms with E-state index in [9.17, 15) is 9.90 Å². The Morgan fingerprint density at radius 3 is 2.96 bits per heavy atom.